The van der Waals surface area contributed by atoms with Gasteiger partial charge in [0, 0.05) is 22.5 Å². The van der Waals surface area contributed by atoms with Gasteiger partial charge in [-0.3, -0.25) is 0 Å². The van der Waals surface area contributed by atoms with Gasteiger partial charge in [0.2, 0.25) is 0 Å². The Kier molecular flexibility index (Phi) is 5.01. The second-order valence-corrected chi connectivity index (χ2v) is 7.16. The fraction of sp³-hybridized carbons (Fsp3) is 0.471. The van der Waals surface area contributed by atoms with E-state index >= 15 is 0 Å². The molecule has 1 N–H and O–H groups in total. The van der Waals surface area contributed by atoms with Crippen LogP contribution in [0.25, 0.3) is 10.6 Å². The standard InChI is InChI=1S/C17H24N2OS/c1-6-14-15(11-18-17(2,3)4)21-16(19-14)12-8-7-9-13(10-12)20-5/h7-10,18H,6,11H2,1-5H3. The van der Waals surface area contributed by atoms with Gasteiger partial charge >= 0.3 is 0 Å². The zero-order valence-corrected chi connectivity index (χ0v) is 14.3. The molecule has 114 valence electrons. The van der Waals surface area contributed by atoms with Crippen molar-refractivity contribution in [2.75, 3.05) is 7.11 Å². The lowest BCUT2D eigenvalue weighted by molar-refractivity contribution is 0.415. The summed E-state index contributed by atoms with van der Waals surface area (Å²) in [7, 11) is 1.69. The maximum absolute atomic E-state index is 5.30. The molecule has 0 atom stereocenters. The molecule has 0 aliphatic carbocycles. The summed E-state index contributed by atoms with van der Waals surface area (Å²) in [5, 5.41) is 4.61. The molecule has 0 radical (unpaired) electrons. The third kappa shape index (κ3) is 4.29. The molecule has 0 aliphatic heterocycles. The molecule has 2 rings (SSSR count). The number of thiazole rings is 1. The van der Waals surface area contributed by atoms with E-state index < -0.39 is 0 Å². The van der Waals surface area contributed by atoms with Crippen molar-refractivity contribution in [3.05, 3.63) is 34.8 Å². The summed E-state index contributed by atoms with van der Waals surface area (Å²) < 4.78 is 5.30. The van der Waals surface area contributed by atoms with Gasteiger partial charge in [-0.15, -0.1) is 11.3 Å². The van der Waals surface area contributed by atoms with Gasteiger partial charge in [-0.05, 0) is 39.3 Å². The van der Waals surface area contributed by atoms with Crippen LogP contribution in [0.15, 0.2) is 24.3 Å². The Hall–Kier alpha value is -1.39. The van der Waals surface area contributed by atoms with E-state index in [0.29, 0.717) is 0 Å². The Morgan fingerprint density at radius 3 is 2.67 bits per heavy atom. The van der Waals surface area contributed by atoms with Crippen molar-refractivity contribution >= 4 is 11.3 Å². The molecule has 2 aromatic rings. The number of ether oxygens (including phenoxy) is 1. The Morgan fingerprint density at radius 2 is 2.05 bits per heavy atom. The van der Waals surface area contributed by atoms with Gasteiger partial charge in [0.1, 0.15) is 10.8 Å². The first-order chi connectivity index (χ1) is 9.93. The molecule has 0 saturated heterocycles. The van der Waals surface area contributed by atoms with Gasteiger partial charge in [-0.25, -0.2) is 4.98 Å². The van der Waals surface area contributed by atoms with Crippen LogP contribution in [0.4, 0.5) is 0 Å². The number of rotatable bonds is 5. The summed E-state index contributed by atoms with van der Waals surface area (Å²) in [6.45, 7) is 9.58. The van der Waals surface area contributed by atoms with Crippen LogP contribution >= 0.6 is 11.3 Å². The maximum Gasteiger partial charge on any atom is 0.124 e. The summed E-state index contributed by atoms with van der Waals surface area (Å²) in [6, 6.07) is 8.09. The number of methoxy groups -OCH3 is 1. The summed E-state index contributed by atoms with van der Waals surface area (Å²) in [5.41, 5.74) is 2.43. The topological polar surface area (TPSA) is 34.1 Å². The number of aromatic nitrogens is 1. The van der Waals surface area contributed by atoms with Crippen molar-refractivity contribution in [2.45, 2.75) is 46.2 Å². The molecule has 0 aliphatic rings. The van der Waals surface area contributed by atoms with Crippen molar-refractivity contribution in [1.29, 1.82) is 0 Å². The van der Waals surface area contributed by atoms with E-state index in [4.69, 9.17) is 9.72 Å². The first-order valence-corrected chi connectivity index (χ1v) is 8.12. The van der Waals surface area contributed by atoms with Crippen LogP contribution in [0, 0.1) is 0 Å². The monoisotopic (exact) mass is 304 g/mol. The highest BCUT2D eigenvalue weighted by atomic mass is 32.1. The third-order valence-corrected chi connectivity index (χ3v) is 4.36. The van der Waals surface area contributed by atoms with E-state index in [1.54, 1.807) is 18.4 Å². The van der Waals surface area contributed by atoms with E-state index in [1.807, 2.05) is 18.2 Å². The van der Waals surface area contributed by atoms with Gasteiger partial charge in [0.05, 0.1) is 12.8 Å². The Balaban J connectivity index is 2.27. The van der Waals surface area contributed by atoms with E-state index in [9.17, 15) is 0 Å². The lowest BCUT2D eigenvalue weighted by Gasteiger charge is -2.20. The minimum Gasteiger partial charge on any atom is -0.497 e. The fourth-order valence-corrected chi connectivity index (χ4v) is 3.11. The highest BCUT2D eigenvalue weighted by Gasteiger charge is 2.15. The van der Waals surface area contributed by atoms with Gasteiger partial charge < -0.3 is 10.1 Å². The molecule has 1 heterocycles. The minimum absolute atomic E-state index is 0.116. The molecule has 0 spiro atoms. The largest absolute Gasteiger partial charge is 0.497 e. The predicted octanol–water partition coefficient (Wildman–Crippen LogP) is 4.27. The molecule has 3 nitrogen and oxygen atoms in total. The first-order valence-electron chi connectivity index (χ1n) is 7.31. The quantitative estimate of drug-likeness (QED) is 0.895. The number of hydrogen-bond acceptors (Lipinski definition) is 4. The highest BCUT2D eigenvalue weighted by Crippen LogP contribution is 2.30. The predicted molar refractivity (Wildman–Crippen MR) is 90.1 cm³/mol. The van der Waals surface area contributed by atoms with Crippen molar-refractivity contribution in [1.82, 2.24) is 10.3 Å². The minimum atomic E-state index is 0.116. The molecule has 0 saturated carbocycles. The zero-order valence-electron chi connectivity index (χ0n) is 13.5. The van der Waals surface area contributed by atoms with Gasteiger partial charge in [-0.1, -0.05) is 19.1 Å². The fourth-order valence-electron chi connectivity index (χ4n) is 2.02. The second-order valence-electron chi connectivity index (χ2n) is 6.08. The van der Waals surface area contributed by atoms with E-state index in [2.05, 4.69) is 39.1 Å². The number of aryl methyl sites for hydroxylation is 1. The molecule has 0 unspecified atom stereocenters. The van der Waals surface area contributed by atoms with Crippen molar-refractivity contribution < 1.29 is 4.74 Å². The van der Waals surface area contributed by atoms with Crippen LogP contribution < -0.4 is 10.1 Å². The summed E-state index contributed by atoms with van der Waals surface area (Å²) in [5.74, 6) is 0.870. The Morgan fingerprint density at radius 1 is 1.29 bits per heavy atom. The van der Waals surface area contributed by atoms with E-state index in [0.717, 1.165) is 29.3 Å². The number of nitrogens with zero attached hydrogens (tertiary/aromatic N) is 1. The molecule has 1 aromatic carbocycles. The van der Waals surface area contributed by atoms with Gasteiger partial charge in [-0.2, -0.15) is 0 Å². The van der Waals surface area contributed by atoms with Crippen LogP contribution in [0.2, 0.25) is 0 Å². The molecule has 0 bridgehead atoms. The smallest absolute Gasteiger partial charge is 0.124 e. The zero-order chi connectivity index (χ0) is 15.5. The molecule has 21 heavy (non-hydrogen) atoms. The van der Waals surface area contributed by atoms with Crippen molar-refractivity contribution in [3.8, 4) is 16.3 Å². The molecular formula is C17H24N2OS. The van der Waals surface area contributed by atoms with Crippen LogP contribution in [0.5, 0.6) is 5.75 Å². The average molecular weight is 304 g/mol. The summed E-state index contributed by atoms with van der Waals surface area (Å²) >= 11 is 1.77. The second kappa shape index (κ2) is 6.58. The summed E-state index contributed by atoms with van der Waals surface area (Å²) in [4.78, 5) is 6.12. The number of benzene rings is 1. The molecule has 4 heteroatoms. The van der Waals surface area contributed by atoms with Crippen LogP contribution in [-0.4, -0.2) is 17.6 Å². The molecule has 0 amide bonds. The summed E-state index contributed by atoms with van der Waals surface area (Å²) in [6.07, 6.45) is 0.960. The van der Waals surface area contributed by atoms with Crippen LogP contribution in [-0.2, 0) is 13.0 Å². The Bertz CT molecular complexity index is 599. The normalized spacial score (nSPS) is 11.7. The highest BCUT2D eigenvalue weighted by molar-refractivity contribution is 7.15. The molecule has 0 fully saturated rings. The molecular weight excluding hydrogens is 280 g/mol. The van der Waals surface area contributed by atoms with Crippen LogP contribution in [0.3, 0.4) is 0 Å². The van der Waals surface area contributed by atoms with Gasteiger partial charge in [0.15, 0.2) is 0 Å². The van der Waals surface area contributed by atoms with E-state index in [1.165, 1.54) is 10.6 Å². The molecule has 1 aromatic heterocycles. The first kappa shape index (κ1) is 16.0. The van der Waals surface area contributed by atoms with Gasteiger partial charge in [0.25, 0.3) is 0 Å². The number of hydrogen-bond donors (Lipinski definition) is 1. The van der Waals surface area contributed by atoms with Crippen molar-refractivity contribution in [2.24, 2.45) is 0 Å². The maximum atomic E-state index is 5.30. The lowest BCUT2D eigenvalue weighted by atomic mass is 10.1. The SMILES string of the molecule is CCc1nc(-c2cccc(OC)c2)sc1CNC(C)(C)C. The van der Waals surface area contributed by atoms with Crippen molar-refractivity contribution in [3.63, 3.8) is 0 Å². The third-order valence-electron chi connectivity index (χ3n) is 3.21. The lowest BCUT2D eigenvalue weighted by Crippen LogP contribution is -2.35. The average Bonchev–Trinajstić information content (AvgIpc) is 2.88. The Labute approximate surface area is 131 Å². The van der Waals surface area contributed by atoms with E-state index in [-0.39, 0.29) is 5.54 Å². The number of nitrogens with one attached hydrogen (secondary N) is 1. The van der Waals surface area contributed by atoms with Crippen LogP contribution in [0.1, 0.15) is 38.3 Å².